The van der Waals surface area contributed by atoms with Crippen molar-refractivity contribution in [3.63, 3.8) is 0 Å². The Bertz CT molecular complexity index is 1080. The van der Waals surface area contributed by atoms with Crippen LogP contribution in [-0.2, 0) is 27.7 Å². The Balaban J connectivity index is 0.00000341. The summed E-state index contributed by atoms with van der Waals surface area (Å²) in [6, 6.07) is 13.2. The largest absolute Gasteiger partial charge is 0.412 e. The smallest absolute Gasteiger partial charge is 0.182 e. The molecule has 0 saturated carbocycles. The molecule has 0 saturated heterocycles. The molecule has 3 N–H and O–H groups in total. The number of rotatable bonds is 9. The zero-order valence-corrected chi connectivity index (χ0v) is 22.0. The van der Waals surface area contributed by atoms with Crippen LogP contribution in [0.15, 0.2) is 66.1 Å². The molecule has 1 aromatic heterocycles. The van der Waals surface area contributed by atoms with Crippen LogP contribution in [0.25, 0.3) is 0 Å². The van der Waals surface area contributed by atoms with Gasteiger partial charge in [-0.2, -0.15) is 0 Å². The highest BCUT2D eigenvalue weighted by Crippen LogP contribution is 2.23. The van der Waals surface area contributed by atoms with E-state index in [-0.39, 0.29) is 41.6 Å². The van der Waals surface area contributed by atoms with Crippen molar-refractivity contribution >= 4 is 34.7 Å². The summed E-state index contributed by atoms with van der Waals surface area (Å²) in [7, 11) is -3.36. The van der Waals surface area contributed by atoms with Crippen LogP contribution < -0.4 is 5.32 Å². The molecular weight excluding hydrogens is 481 g/mol. The van der Waals surface area contributed by atoms with Gasteiger partial charge in [-0.25, -0.2) is 13.4 Å². The SMILES string of the molecule is Cc1ccc(S(=O)(=O)Cc2ccc(C(C)(C)NCCCn3ccnc3)cc2)cc1C.Cl.Cl.O. The van der Waals surface area contributed by atoms with Gasteiger partial charge in [0.05, 0.1) is 17.0 Å². The van der Waals surface area contributed by atoms with Crippen molar-refractivity contribution in [2.45, 2.75) is 56.8 Å². The van der Waals surface area contributed by atoms with Gasteiger partial charge in [0.25, 0.3) is 0 Å². The van der Waals surface area contributed by atoms with Crippen molar-refractivity contribution < 1.29 is 13.9 Å². The maximum atomic E-state index is 12.8. The maximum Gasteiger partial charge on any atom is 0.182 e. The minimum Gasteiger partial charge on any atom is -0.412 e. The first-order valence-electron chi connectivity index (χ1n) is 10.3. The molecule has 0 unspecified atom stereocenters. The van der Waals surface area contributed by atoms with Crippen molar-refractivity contribution in [3.05, 3.63) is 83.4 Å². The summed E-state index contributed by atoms with van der Waals surface area (Å²) >= 11 is 0. The first-order chi connectivity index (χ1) is 14.2. The molecule has 0 aliphatic carbocycles. The number of hydrogen-bond donors (Lipinski definition) is 1. The van der Waals surface area contributed by atoms with E-state index in [1.54, 1.807) is 18.3 Å². The Morgan fingerprint density at radius 3 is 2.24 bits per heavy atom. The van der Waals surface area contributed by atoms with Gasteiger partial charge in [-0.05, 0) is 75.0 Å². The molecule has 3 rings (SSSR count). The zero-order valence-electron chi connectivity index (χ0n) is 19.5. The molecular formula is C24H35Cl2N3O3S. The average Bonchev–Trinajstić information content (AvgIpc) is 3.21. The van der Waals surface area contributed by atoms with E-state index in [2.05, 4.69) is 28.7 Å². The first-order valence-corrected chi connectivity index (χ1v) is 11.9. The lowest BCUT2D eigenvalue weighted by atomic mass is 9.93. The van der Waals surface area contributed by atoms with E-state index >= 15 is 0 Å². The Morgan fingerprint density at radius 2 is 1.67 bits per heavy atom. The number of benzene rings is 2. The highest BCUT2D eigenvalue weighted by Gasteiger charge is 2.20. The highest BCUT2D eigenvalue weighted by molar-refractivity contribution is 7.90. The Kier molecular flexibility index (Phi) is 12.4. The molecule has 0 amide bonds. The van der Waals surface area contributed by atoms with Crippen molar-refractivity contribution in [2.24, 2.45) is 0 Å². The summed E-state index contributed by atoms with van der Waals surface area (Å²) in [4.78, 5) is 4.44. The molecule has 2 aromatic carbocycles. The van der Waals surface area contributed by atoms with Crippen LogP contribution in [0.3, 0.4) is 0 Å². The molecule has 9 heteroatoms. The van der Waals surface area contributed by atoms with Gasteiger partial charge in [-0.15, -0.1) is 24.8 Å². The second kappa shape index (κ2) is 13.1. The van der Waals surface area contributed by atoms with Gasteiger partial charge >= 0.3 is 0 Å². The fraction of sp³-hybridized carbons (Fsp3) is 0.375. The molecule has 0 bridgehead atoms. The fourth-order valence-corrected chi connectivity index (χ4v) is 4.84. The molecule has 0 atom stereocenters. The van der Waals surface area contributed by atoms with Crippen LogP contribution >= 0.6 is 24.8 Å². The van der Waals surface area contributed by atoms with Crippen LogP contribution in [0.1, 0.15) is 42.5 Å². The quantitative estimate of drug-likeness (QED) is 0.427. The summed E-state index contributed by atoms with van der Waals surface area (Å²) in [6.45, 7) is 10.0. The number of imidazole rings is 1. The minimum atomic E-state index is -3.36. The minimum absolute atomic E-state index is 0. The Hall–Kier alpha value is -1.90. The fourth-order valence-electron chi connectivity index (χ4n) is 3.41. The third-order valence-electron chi connectivity index (χ3n) is 5.59. The van der Waals surface area contributed by atoms with E-state index in [9.17, 15) is 8.42 Å². The van der Waals surface area contributed by atoms with E-state index in [0.717, 1.165) is 41.8 Å². The molecule has 184 valence electrons. The van der Waals surface area contributed by atoms with Gasteiger partial charge in [0.2, 0.25) is 0 Å². The van der Waals surface area contributed by atoms with Crippen LogP contribution in [0.5, 0.6) is 0 Å². The first kappa shape index (κ1) is 31.1. The number of aryl methyl sites for hydroxylation is 3. The molecule has 6 nitrogen and oxygen atoms in total. The van der Waals surface area contributed by atoms with Gasteiger partial charge in [-0.1, -0.05) is 30.3 Å². The molecule has 0 aliphatic rings. The van der Waals surface area contributed by atoms with Gasteiger partial charge in [0, 0.05) is 24.5 Å². The summed E-state index contributed by atoms with van der Waals surface area (Å²) in [6.07, 6.45) is 6.59. The lowest BCUT2D eigenvalue weighted by molar-refractivity contribution is 0.393. The number of nitrogens with one attached hydrogen (secondary N) is 1. The molecule has 0 aliphatic heterocycles. The van der Waals surface area contributed by atoms with E-state index in [1.165, 1.54) is 0 Å². The number of halogens is 2. The topological polar surface area (TPSA) is 95.5 Å². The highest BCUT2D eigenvalue weighted by atomic mass is 35.5. The van der Waals surface area contributed by atoms with Gasteiger partial charge < -0.3 is 15.4 Å². The predicted molar refractivity (Wildman–Crippen MR) is 139 cm³/mol. The normalized spacial score (nSPS) is 11.2. The monoisotopic (exact) mass is 515 g/mol. The number of sulfone groups is 1. The van der Waals surface area contributed by atoms with E-state index in [0.29, 0.717) is 4.90 Å². The average molecular weight is 517 g/mol. The van der Waals surface area contributed by atoms with E-state index in [1.807, 2.05) is 56.7 Å². The van der Waals surface area contributed by atoms with E-state index in [4.69, 9.17) is 0 Å². The van der Waals surface area contributed by atoms with Gasteiger partial charge in [0.15, 0.2) is 9.84 Å². The van der Waals surface area contributed by atoms with Crippen molar-refractivity contribution in [3.8, 4) is 0 Å². The molecule has 33 heavy (non-hydrogen) atoms. The lowest BCUT2D eigenvalue weighted by Crippen LogP contribution is -2.37. The van der Waals surface area contributed by atoms with Crippen LogP contribution in [-0.4, -0.2) is 30.0 Å². The van der Waals surface area contributed by atoms with Crippen molar-refractivity contribution in [2.75, 3.05) is 6.54 Å². The second-order valence-corrected chi connectivity index (χ2v) is 10.4. The van der Waals surface area contributed by atoms with Crippen molar-refractivity contribution in [1.29, 1.82) is 0 Å². The third-order valence-corrected chi connectivity index (χ3v) is 7.27. The Morgan fingerprint density at radius 1 is 1.00 bits per heavy atom. The summed E-state index contributed by atoms with van der Waals surface area (Å²) in [5.74, 6) is 0.00848. The predicted octanol–water partition coefficient (Wildman–Crippen LogP) is 4.41. The standard InChI is InChI=1S/C24H31N3O2S.2ClH.H2O/c1-19-6-11-23(16-20(19)2)30(28,29)17-21-7-9-22(10-8-21)24(3,4)26-12-5-14-27-15-13-25-18-27;;;/h6-11,13,15-16,18,26H,5,12,14,17H2,1-4H3;2*1H;1H2. The van der Waals surface area contributed by atoms with Gasteiger partial charge in [-0.3, -0.25) is 0 Å². The number of nitrogens with zero attached hydrogens (tertiary/aromatic N) is 2. The number of hydrogen-bond acceptors (Lipinski definition) is 4. The molecule has 0 fully saturated rings. The maximum absolute atomic E-state index is 12.8. The van der Waals surface area contributed by atoms with Crippen LogP contribution in [0.2, 0.25) is 0 Å². The summed E-state index contributed by atoms with van der Waals surface area (Å²) in [5, 5.41) is 3.59. The molecule has 1 heterocycles. The van der Waals surface area contributed by atoms with Crippen molar-refractivity contribution in [1.82, 2.24) is 14.9 Å². The third kappa shape index (κ3) is 8.43. The zero-order chi connectivity index (χ0) is 21.8. The summed E-state index contributed by atoms with van der Waals surface area (Å²) < 4.78 is 27.7. The Labute approximate surface area is 209 Å². The molecule has 0 spiro atoms. The molecule has 3 aromatic rings. The second-order valence-electron chi connectivity index (χ2n) is 8.41. The van der Waals surface area contributed by atoms with Crippen LogP contribution in [0.4, 0.5) is 0 Å². The van der Waals surface area contributed by atoms with Crippen LogP contribution in [0, 0.1) is 13.8 Å². The number of aromatic nitrogens is 2. The lowest BCUT2D eigenvalue weighted by Gasteiger charge is -2.27. The van der Waals surface area contributed by atoms with Gasteiger partial charge in [0.1, 0.15) is 0 Å². The molecule has 0 radical (unpaired) electrons. The van der Waals surface area contributed by atoms with E-state index < -0.39 is 9.84 Å². The summed E-state index contributed by atoms with van der Waals surface area (Å²) in [5.41, 5.74) is 3.83.